The van der Waals surface area contributed by atoms with Gasteiger partial charge in [-0.05, 0) is 60.9 Å². The van der Waals surface area contributed by atoms with Gasteiger partial charge in [0, 0.05) is 58.0 Å². The Kier molecular flexibility index (Phi) is 13.3. The number of hydrogen-bond donors (Lipinski definition) is 3. The summed E-state index contributed by atoms with van der Waals surface area (Å²) >= 11 is 0. The van der Waals surface area contributed by atoms with E-state index in [-0.39, 0.29) is 50.6 Å². The summed E-state index contributed by atoms with van der Waals surface area (Å²) in [6, 6.07) is 32.2. The van der Waals surface area contributed by atoms with Crippen molar-refractivity contribution in [2.24, 2.45) is 5.92 Å². The minimum atomic E-state index is -4.64. The van der Waals surface area contributed by atoms with Crippen molar-refractivity contribution < 1.29 is 64.7 Å². The van der Waals surface area contributed by atoms with Crippen molar-refractivity contribution in [3.63, 3.8) is 0 Å². The first-order valence-electron chi connectivity index (χ1n) is 17.4. The molecular formula is C46H42ClF3N2O7. The number of aromatic carboxylic acids is 1. The molecule has 5 aromatic carbocycles. The standard InChI is InChI=1S/C22H16O3.C20H16N2O3.C2HF3O.2CH4.ClH/c1-13-7-9-17-19(11-13)24-20-12-14(2)8-10-18(20)22(17)16-6-4-3-5-15(16)21(23)25-22;21-11-5-7-15-17(9-11)25-18-10-12(22)6-8-16(18)19(15)13-3-1-2-4-14(13)20(23)24;3-2(4,5)1-6;;;/h3-12H,1-2H3;1-10,15,19,21H,22H2,(H,23,24);1H;2*1H4;1H. The molecule has 0 saturated heterocycles. The summed E-state index contributed by atoms with van der Waals surface area (Å²) in [7, 11) is 0. The number of aryl methyl sites for hydroxylation is 2. The van der Waals surface area contributed by atoms with Crippen LogP contribution >= 0.6 is 0 Å². The van der Waals surface area contributed by atoms with Crippen LogP contribution in [-0.4, -0.2) is 35.2 Å². The Morgan fingerprint density at radius 1 is 0.814 bits per heavy atom. The van der Waals surface area contributed by atoms with E-state index in [9.17, 15) is 27.9 Å². The molecule has 0 amide bonds. The molecule has 2 unspecified atom stereocenters. The lowest BCUT2D eigenvalue weighted by Gasteiger charge is -2.36. The molecule has 5 aromatic rings. The summed E-state index contributed by atoms with van der Waals surface area (Å²) in [4.78, 5) is 33.1. The first-order chi connectivity index (χ1) is 26.7. The number of benzene rings is 5. The van der Waals surface area contributed by atoms with Crippen molar-refractivity contribution in [2.75, 3.05) is 5.73 Å². The van der Waals surface area contributed by atoms with Gasteiger partial charge >= 0.3 is 18.1 Å². The van der Waals surface area contributed by atoms with Crippen molar-refractivity contribution >= 4 is 29.6 Å². The number of ether oxygens (including phenoxy) is 3. The number of allylic oxidation sites excluding steroid dienone is 3. The number of fused-ring (bicyclic) bond motifs is 8. The highest BCUT2D eigenvalue weighted by atomic mass is 35.5. The minimum Gasteiger partial charge on any atom is -1.00 e. The largest absolute Gasteiger partial charge is 1.00 e. The quantitative estimate of drug-likeness (QED) is 0.117. The lowest BCUT2D eigenvalue weighted by atomic mass is 9.74. The average molecular weight is 827 g/mol. The van der Waals surface area contributed by atoms with Gasteiger partial charge in [0.15, 0.2) is 11.3 Å². The summed E-state index contributed by atoms with van der Waals surface area (Å²) in [5.41, 5.74) is 13.5. The number of hydrogen-bond acceptors (Lipinski definition) is 7. The molecular weight excluding hydrogens is 785 g/mol. The van der Waals surface area contributed by atoms with Crippen LogP contribution in [0.5, 0.6) is 17.2 Å². The van der Waals surface area contributed by atoms with Crippen molar-refractivity contribution in [1.29, 1.82) is 0 Å². The van der Waals surface area contributed by atoms with E-state index in [1.807, 2.05) is 105 Å². The lowest BCUT2D eigenvalue weighted by Crippen LogP contribution is -3.00. The number of carboxylic acid groups (broad SMARTS) is 1. The van der Waals surface area contributed by atoms with E-state index in [0.717, 1.165) is 50.4 Å². The number of aldehydes is 1. The number of rotatable bonds is 2. The normalized spacial score (nSPS) is 16.7. The number of halogens is 4. The molecule has 3 heterocycles. The van der Waals surface area contributed by atoms with Gasteiger partial charge in [0.25, 0.3) is 0 Å². The highest BCUT2D eigenvalue weighted by Crippen LogP contribution is 2.56. The van der Waals surface area contributed by atoms with E-state index >= 15 is 0 Å². The zero-order valence-electron chi connectivity index (χ0n) is 30.3. The Bertz CT molecular complexity index is 2460. The number of nitrogen functional groups attached to an aromatic ring is 1. The molecule has 3 aliphatic heterocycles. The van der Waals surface area contributed by atoms with Crippen LogP contribution in [0.15, 0.2) is 127 Å². The van der Waals surface area contributed by atoms with Crippen molar-refractivity contribution in [3.8, 4) is 17.2 Å². The van der Waals surface area contributed by atoms with Gasteiger partial charge in [-0.2, -0.15) is 13.2 Å². The summed E-state index contributed by atoms with van der Waals surface area (Å²) in [5.74, 6) is 1.26. The monoisotopic (exact) mass is 826 g/mol. The summed E-state index contributed by atoms with van der Waals surface area (Å²) in [5, 5.41) is 15.5. The number of carboxylic acids is 1. The molecule has 4 aliphatic rings. The van der Waals surface area contributed by atoms with Crippen molar-refractivity contribution in [1.82, 2.24) is 0 Å². The Morgan fingerprint density at radius 3 is 2.02 bits per heavy atom. The van der Waals surface area contributed by atoms with Gasteiger partial charge in [-0.15, -0.1) is 0 Å². The van der Waals surface area contributed by atoms with Crippen LogP contribution in [0.2, 0.25) is 0 Å². The number of anilines is 1. The highest BCUT2D eigenvalue weighted by molar-refractivity contribution is 6.01. The van der Waals surface area contributed by atoms with E-state index in [2.05, 4.69) is 0 Å². The zero-order valence-corrected chi connectivity index (χ0v) is 31.1. The average Bonchev–Trinajstić information content (AvgIpc) is 3.45. The van der Waals surface area contributed by atoms with Crippen molar-refractivity contribution in [3.05, 3.63) is 177 Å². The third-order valence-electron chi connectivity index (χ3n) is 9.78. The molecule has 9 rings (SSSR count). The third-order valence-corrected chi connectivity index (χ3v) is 9.78. The molecule has 5 N–H and O–H groups in total. The van der Waals surface area contributed by atoms with Gasteiger partial charge in [-0.25, -0.2) is 9.59 Å². The van der Waals surface area contributed by atoms with E-state index in [1.54, 1.807) is 30.3 Å². The fourth-order valence-corrected chi connectivity index (χ4v) is 7.42. The second-order valence-corrected chi connectivity index (χ2v) is 13.6. The fourth-order valence-electron chi connectivity index (χ4n) is 7.42. The molecule has 0 fully saturated rings. The molecule has 0 radical (unpaired) electrons. The van der Waals surface area contributed by atoms with Crippen LogP contribution in [0.25, 0.3) is 0 Å². The van der Waals surface area contributed by atoms with Crippen LogP contribution in [-0.2, 0) is 15.1 Å². The van der Waals surface area contributed by atoms with Crippen LogP contribution in [0, 0.1) is 19.8 Å². The maximum atomic E-state index is 12.6. The molecule has 0 saturated carbocycles. The second-order valence-electron chi connectivity index (χ2n) is 13.6. The van der Waals surface area contributed by atoms with E-state index in [0.29, 0.717) is 28.5 Å². The van der Waals surface area contributed by atoms with Gasteiger partial charge in [-0.1, -0.05) is 87.7 Å². The molecule has 59 heavy (non-hydrogen) atoms. The Labute approximate surface area is 345 Å². The van der Waals surface area contributed by atoms with Crippen LogP contribution in [0.1, 0.15) is 80.4 Å². The molecule has 1 spiro atoms. The van der Waals surface area contributed by atoms with E-state index in [1.165, 1.54) is 0 Å². The Morgan fingerprint density at radius 2 is 1.41 bits per heavy atom. The van der Waals surface area contributed by atoms with Gasteiger partial charge in [-0.3, -0.25) is 10.2 Å². The zero-order chi connectivity index (χ0) is 39.9. The Hall–Kier alpha value is -6.66. The molecule has 2 atom stereocenters. The molecule has 9 nitrogen and oxygen atoms in total. The van der Waals surface area contributed by atoms with Gasteiger partial charge in [0.05, 0.1) is 11.1 Å². The fraction of sp³-hybridized carbons (Fsp3) is 0.174. The number of alkyl halides is 3. The minimum absolute atomic E-state index is 0. The van der Waals surface area contributed by atoms with Gasteiger partial charge in [0.1, 0.15) is 23.0 Å². The summed E-state index contributed by atoms with van der Waals surface area (Å²) < 4.78 is 49.5. The summed E-state index contributed by atoms with van der Waals surface area (Å²) in [6.45, 7) is 4.05. The SMILES string of the molecule is C.C.Cc1ccc2c(c1)Oc1cc(C)ccc1C21OC(=O)c2ccccc21.Nc1ccc2c(c1)OC1=CC(=[NH2+])C=CC1C2c1ccccc1C(=O)O.O=CC(F)(F)F.[Cl-]. The molecule has 1 aliphatic carbocycles. The number of carbonyl (C=O) groups excluding carboxylic acids is 2. The highest BCUT2D eigenvalue weighted by Gasteiger charge is 2.53. The first-order valence-corrected chi connectivity index (χ1v) is 17.4. The van der Waals surface area contributed by atoms with Gasteiger partial charge < -0.3 is 37.5 Å². The molecule has 306 valence electrons. The maximum Gasteiger partial charge on any atom is 0.446 e. The van der Waals surface area contributed by atoms with Crippen LogP contribution in [0.4, 0.5) is 18.9 Å². The van der Waals surface area contributed by atoms with Crippen LogP contribution in [0.3, 0.4) is 0 Å². The maximum absolute atomic E-state index is 12.6. The van der Waals surface area contributed by atoms with Crippen LogP contribution < -0.4 is 33.0 Å². The predicted octanol–water partition coefficient (Wildman–Crippen LogP) is 5.66. The topological polar surface area (TPSA) is 151 Å². The predicted molar refractivity (Wildman–Crippen MR) is 214 cm³/mol. The van der Waals surface area contributed by atoms with Crippen molar-refractivity contribution in [2.45, 2.75) is 46.4 Å². The lowest BCUT2D eigenvalue weighted by molar-refractivity contribution is -0.156. The molecule has 13 heteroatoms. The van der Waals surface area contributed by atoms with E-state index < -0.39 is 24.0 Å². The second kappa shape index (κ2) is 17.5. The number of carbonyl (C=O) groups is 3. The summed E-state index contributed by atoms with van der Waals surface area (Å²) in [6.07, 6.45) is -0.121. The Balaban J connectivity index is 0.000000220. The molecule has 0 bridgehead atoms. The number of nitrogens with two attached hydrogens (primary N) is 2. The number of esters is 1. The molecule has 0 aromatic heterocycles. The first kappa shape index (κ1) is 45.0. The smallest absolute Gasteiger partial charge is 0.446 e. The third kappa shape index (κ3) is 8.49. The van der Waals surface area contributed by atoms with E-state index in [4.69, 9.17) is 30.1 Å². The van der Waals surface area contributed by atoms with Gasteiger partial charge in [0.2, 0.25) is 6.29 Å².